The second-order valence-electron chi connectivity index (χ2n) is 5.44. The highest BCUT2D eigenvalue weighted by molar-refractivity contribution is 5.31. The Hall–Kier alpha value is -1.26. The summed E-state index contributed by atoms with van der Waals surface area (Å²) in [5.41, 5.74) is 0.459. The van der Waals surface area contributed by atoms with Crippen LogP contribution in [0.2, 0.25) is 0 Å². The van der Waals surface area contributed by atoms with Gasteiger partial charge in [-0.15, -0.1) is 0 Å². The highest BCUT2D eigenvalue weighted by atomic mass is 16.5. The van der Waals surface area contributed by atoms with Crippen LogP contribution in [0.15, 0.2) is 24.3 Å². The number of methoxy groups -OCH3 is 2. The summed E-state index contributed by atoms with van der Waals surface area (Å²) in [5.74, 6) is 1.77. The Bertz CT molecular complexity index is 387. The zero-order valence-electron chi connectivity index (χ0n) is 12.5. The van der Waals surface area contributed by atoms with Gasteiger partial charge in [-0.2, -0.15) is 0 Å². The first-order chi connectivity index (χ1) is 9.78. The average molecular weight is 279 g/mol. The summed E-state index contributed by atoms with van der Waals surface area (Å²) in [7, 11) is 3.40. The van der Waals surface area contributed by atoms with E-state index in [2.05, 4.69) is 5.32 Å². The van der Waals surface area contributed by atoms with E-state index in [0.717, 1.165) is 44.2 Å². The molecule has 1 saturated carbocycles. The van der Waals surface area contributed by atoms with Crippen LogP contribution in [0.3, 0.4) is 0 Å². The summed E-state index contributed by atoms with van der Waals surface area (Å²) >= 11 is 0. The standard InChI is InChI=1S/C16H25NO3/c1-18-12-10-17-13-16(7-8-16)9-11-20-15-5-3-14(19-2)4-6-15/h3-6,17H,7-13H2,1-2H3. The van der Waals surface area contributed by atoms with E-state index in [0.29, 0.717) is 5.41 Å². The fraction of sp³-hybridized carbons (Fsp3) is 0.625. The molecule has 0 unspecified atom stereocenters. The van der Waals surface area contributed by atoms with E-state index in [-0.39, 0.29) is 0 Å². The molecule has 2 rings (SSSR count). The Labute approximate surface area is 121 Å². The van der Waals surface area contributed by atoms with E-state index < -0.39 is 0 Å². The van der Waals surface area contributed by atoms with Crippen LogP contribution in [-0.2, 0) is 4.74 Å². The van der Waals surface area contributed by atoms with Gasteiger partial charge in [0.25, 0.3) is 0 Å². The number of hydrogen-bond acceptors (Lipinski definition) is 4. The number of rotatable bonds is 10. The smallest absolute Gasteiger partial charge is 0.119 e. The van der Waals surface area contributed by atoms with Gasteiger partial charge in [0, 0.05) is 20.2 Å². The Morgan fingerprint density at radius 1 is 1.05 bits per heavy atom. The van der Waals surface area contributed by atoms with E-state index >= 15 is 0 Å². The molecule has 112 valence electrons. The molecule has 0 aromatic heterocycles. The fourth-order valence-corrected chi connectivity index (χ4v) is 2.28. The lowest BCUT2D eigenvalue weighted by Crippen LogP contribution is -2.28. The Balaban J connectivity index is 1.64. The molecule has 0 amide bonds. The molecule has 4 nitrogen and oxygen atoms in total. The highest BCUT2D eigenvalue weighted by Crippen LogP contribution is 2.48. The van der Waals surface area contributed by atoms with Gasteiger partial charge in [0.1, 0.15) is 11.5 Å². The minimum absolute atomic E-state index is 0.459. The molecule has 1 fully saturated rings. The molecule has 1 aromatic carbocycles. The van der Waals surface area contributed by atoms with Crippen molar-refractivity contribution in [2.75, 3.05) is 40.5 Å². The van der Waals surface area contributed by atoms with E-state index in [1.54, 1.807) is 14.2 Å². The number of nitrogens with one attached hydrogen (secondary N) is 1. The summed E-state index contributed by atoms with van der Waals surface area (Å²) in [4.78, 5) is 0. The van der Waals surface area contributed by atoms with Crippen molar-refractivity contribution < 1.29 is 14.2 Å². The maximum Gasteiger partial charge on any atom is 0.119 e. The second-order valence-corrected chi connectivity index (χ2v) is 5.44. The highest BCUT2D eigenvalue weighted by Gasteiger charge is 2.41. The van der Waals surface area contributed by atoms with Crippen LogP contribution in [0.25, 0.3) is 0 Å². The van der Waals surface area contributed by atoms with Crippen LogP contribution >= 0.6 is 0 Å². The number of hydrogen-bond donors (Lipinski definition) is 1. The lowest BCUT2D eigenvalue weighted by molar-refractivity contribution is 0.195. The van der Waals surface area contributed by atoms with Gasteiger partial charge in [0.2, 0.25) is 0 Å². The van der Waals surface area contributed by atoms with E-state index in [9.17, 15) is 0 Å². The predicted molar refractivity (Wildman–Crippen MR) is 79.5 cm³/mol. The van der Waals surface area contributed by atoms with Gasteiger partial charge in [-0.3, -0.25) is 0 Å². The van der Waals surface area contributed by atoms with Crippen LogP contribution in [0.5, 0.6) is 11.5 Å². The molecule has 1 aromatic rings. The first kappa shape index (κ1) is 15.1. The largest absolute Gasteiger partial charge is 0.497 e. The van der Waals surface area contributed by atoms with Gasteiger partial charge >= 0.3 is 0 Å². The molecular weight excluding hydrogens is 254 g/mol. The van der Waals surface area contributed by atoms with Crippen molar-refractivity contribution in [2.24, 2.45) is 5.41 Å². The van der Waals surface area contributed by atoms with Crippen molar-refractivity contribution in [3.05, 3.63) is 24.3 Å². The maximum absolute atomic E-state index is 5.80. The molecule has 1 N–H and O–H groups in total. The van der Waals surface area contributed by atoms with Crippen LogP contribution in [0.4, 0.5) is 0 Å². The van der Waals surface area contributed by atoms with Gasteiger partial charge in [-0.25, -0.2) is 0 Å². The van der Waals surface area contributed by atoms with Crippen LogP contribution < -0.4 is 14.8 Å². The van der Waals surface area contributed by atoms with Crippen molar-refractivity contribution in [1.82, 2.24) is 5.32 Å². The second kappa shape index (κ2) is 7.50. The molecule has 0 atom stereocenters. The molecule has 0 spiro atoms. The van der Waals surface area contributed by atoms with E-state index in [4.69, 9.17) is 14.2 Å². The Kier molecular flexibility index (Phi) is 5.68. The minimum Gasteiger partial charge on any atom is -0.497 e. The molecule has 20 heavy (non-hydrogen) atoms. The van der Waals surface area contributed by atoms with Crippen molar-refractivity contribution in [3.8, 4) is 11.5 Å². The van der Waals surface area contributed by atoms with Crippen LogP contribution in [-0.4, -0.2) is 40.5 Å². The molecule has 0 heterocycles. The molecule has 0 saturated heterocycles. The van der Waals surface area contributed by atoms with Gasteiger partial charge < -0.3 is 19.5 Å². The average Bonchev–Trinajstić information content (AvgIpc) is 3.25. The number of benzene rings is 1. The lowest BCUT2D eigenvalue weighted by Gasteiger charge is -2.16. The third-order valence-corrected chi connectivity index (χ3v) is 3.90. The van der Waals surface area contributed by atoms with Crippen LogP contribution in [0.1, 0.15) is 19.3 Å². The summed E-state index contributed by atoms with van der Waals surface area (Å²) in [6.45, 7) is 3.55. The summed E-state index contributed by atoms with van der Waals surface area (Å²) in [6, 6.07) is 7.76. The van der Waals surface area contributed by atoms with Crippen molar-refractivity contribution in [3.63, 3.8) is 0 Å². The maximum atomic E-state index is 5.80. The van der Waals surface area contributed by atoms with Gasteiger partial charge in [0.05, 0.1) is 20.3 Å². The first-order valence-electron chi connectivity index (χ1n) is 7.24. The molecule has 0 aliphatic heterocycles. The van der Waals surface area contributed by atoms with Gasteiger partial charge in [0.15, 0.2) is 0 Å². The van der Waals surface area contributed by atoms with Gasteiger partial charge in [-0.05, 0) is 48.9 Å². The van der Waals surface area contributed by atoms with Gasteiger partial charge in [-0.1, -0.05) is 0 Å². The van der Waals surface area contributed by atoms with Crippen molar-refractivity contribution >= 4 is 0 Å². The molecular formula is C16H25NO3. The lowest BCUT2D eigenvalue weighted by atomic mass is 10.0. The summed E-state index contributed by atoms with van der Waals surface area (Å²) < 4.78 is 16.0. The number of ether oxygens (including phenoxy) is 3. The first-order valence-corrected chi connectivity index (χ1v) is 7.24. The SMILES string of the molecule is COCCNCC1(CCOc2ccc(OC)cc2)CC1. The van der Waals surface area contributed by atoms with Crippen LogP contribution in [0, 0.1) is 5.41 Å². The molecule has 0 bridgehead atoms. The summed E-state index contributed by atoms with van der Waals surface area (Å²) in [6.07, 6.45) is 3.72. The fourth-order valence-electron chi connectivity index (χ4n) is 2.28. The third-order valence-electron chi connectivity index (χ3n) is 3.90. The third kappa shape index (κ3) is 4.69. The van der Waals surface area contributed by atoms with Crippen molar-refractivity contribution in [1.29, 1.82) is 0 Å². The summed E-state index contributed by atoms with van der Waals surface area (Å²) in [5, 5.41) is 3.46. The monoisotopic (exact) mass is 279 g/mol. The molecule has 4 heteroatoms. The normalized spacial score (nSPS) is 15.9. The Morgan fingerprint density at radius 2 is 1.75 bits per heavy atom. The quantitative estimate of drug-likeness (QED) is 0.668. The molecule has 1 aliphatic carbocycles. The minimum atomic E-state index is 0.459. The van der Waals surface area contributed by atoms with Crippen molar-refractivity contribution in [2.45, 2.75) is 19.3 Å². The zero-order chi connectivity index (χ0) is 14.3. The molecule has 1 aliphatic rings. The van der Waals surface area contributed by atoms with E-state index in [1.807, 2.05) is 24.3 Å². The zero-order valence-corrected chi connectivity index (χ0v) is 12.5. The van der Waals surface area contributed by atoms with E-state index in [1.165, 1.54) is 12.8 Å². The molecule has 0 radical (unpaired) electrons. The predicted octanol–water partition coefficient (Wildman–Crippen LogP) is 2.48. The topological polar surface area (TPSA) is 39.7 Å². The Morgan fingerprint density at radius 3 is 2.35 bits per heavy atom.